The first kappa shape index (κ1) is 21.0. The minimum Gasteiger partial charge on any atom is -0.371 e. The van der Waals surface area contributed by atoms with Crippen LogP contribution in [0.15, 0.2) is 9.52 Å². The van der Waals surface area contributed by atoms with E-state index >= 15 is 0 Å². The van der Waals surface area contributed by atoms with E-state index in [0.717, 1.165) is 31.4 Å². The Morgan fingerprint density at radius 2 is 2.00 bits per heavy atom. The van der Waals surface area contributed by atoms with E-state index in [-0.39, 0.29) is 6.10 Å². The summed E-state index contributed by atoms with van der Waals surface area (Å²) < 4.78 is 10.8. The fraction of sp³-hybridized carbons (Fsp3) is 0.850. The van der Waals surface area contributed by atoms with Gasteiger partial charge >= 0.3 is 0 Å². The number of aliphatic imine (C=N–C) groups is 1. The maximum Gasteiger partial charge on any atom is 0.248 e. The predicted molar refractivity (Wildman–Crippen MR) is 109 cm³/mol. The molecule has 0 aromatic carbocycles. The van der Waals surface area contributed by atoms with Crippen LogP contribution in [0.2, 0.25) is 0 Å². The molecule has 1 aromatic rings. The van der Waals surface area contributed by atoms with Crippen molar-refractivity contribution in [3.05, 3.63) is 11.7 Å². The van der Waals surface area contributed by atoms with E-state index in [0.29, 0.717) is 30.9 Å². The van der Waals surface area contributed by atoms with Gasteiger partial charge in [-0.2, -0.15) is 4.98 Å². The molecule has 2 fully saturated rings. The first-order chi connectivity index (χ1) is 13.7. The van der Waals surface area contributed by atoms with Gasteiger partial charge in [0.25, 0.3) is 0 Å². The van der Waals surface area contributed by atoms with Gasteiger partial charge in [0.05, 0.1) is 0 Å². The number of aromatic nitrogens is 2. The highest BCUT2D eigenvalue weighted by Gasteiger charge is 2.27. The zero-order valence-electron chi connectivity index (χ0n) is 17.6. The van der Waals surface area contributed by atoms with Crippen molar-refractivity contribution in [3.8, 4) is 0 Å². The molecule has 1 aliphatic heterocycles. The number of rotatable bonds is 8. The Labute approximate surface area is 168 Å². The molecule has 8 heteroatoms. The van der Waals surface area contributed by atoms with Crippen LogP contribution in [0.5, 0.6) is 0 Å². The van der Waals surface area contributed by atoms with Crippen molar-refractivity contribution in [3.63, 3.8) is 0 Å². The number of piperidine rings is 1. The fourth-order valence-corrected chi connectivity index (χ4v) is 4.16. The second-order valence-corrected chi connectivity index (χ2v) is 7.73. The van der Waals surface area contributed by atoms with E-state index in [9.17, 15) is 0 Å². The van der Waals surface area contributed by atoms with E-state index < -0.39 is 0 Å². The number of ether oxygens (including phenoxy) is 1. The Hall–Kier alpha value is -1.67. The molecule has 1 unspecified atom stereocenters. The van der Waals surface area contributed by atoms with Gasteiger partial charge < -0.3 is 24.8 Å². The molecule has 1 aliphatic carbocycles. The standard InChI is InChI=1S/C20H36N6O2/c1-4-21-20(22-14-18-24-19(25-28-18)15(3)27-5-2)23-16-10-12-26(13-11-16)17-8-6-7-9-17/h15-17H,4-14H2,1-3H3,(H2,21,22,23). The molecule has 1 atom stereocenters. The summed E-state index contributed by atoms with van der Waals surface area (Å²) in [5, 5.41) is 10.9. The molecule has 28 heavy (non-hydrogen) atoms. The summed E-state index contributed by atoms with van der Waals surface area (Å²) in [6.07, 6.45) is 7.74. The quantitative estimate of drug-likeness (QED) is 0.519. The molecule has 0 radical (unpaired) electrons. The van der Waals surface area contributed by atoms with Crippen LogP contribution < -0.4 is 10.6 Å². The largest absolute Gasteiger partial charge is 0.371 e. The van der Waals surface area contributed by atoms with Gasteiger partial charge in [-0.25, -0.2) is 4.99 Å². The lowest BCUT2D eigenvalue weighted by Gasteiger charge is -2.36. The molecule has 3 rings (SSSR count). The third-order valence-corrected chi connectivity index (χ3v) is 5.69. The first-order valence-corrected chi connectivity index (χ1v) is 10.9. The monoisotopic (exact) mass is 392 g/mol. The Morgan fingerprint density at radius 1 is 1.25 bits per heavy atom. The van der Waals surface area contributed by atoms with Gasteiger partial charge in [0.1, 0.15) is 12.6 Å². The molecule has 2 N–H and O–H groups in total. The van der Waals surface area contributed by atoms with E-state index in [2.05, 4.69) is 37.6 Å². The molecule has 0 amide bonds. The van der Waals surface area contributed by atoms with E-state index in [1.165, 1.54) is 38.8 Å². The maximum absolute atomic E-state index is 5.50. The Balaban J connectivity index is 1.49. The summed E-state index contributed by atoms with van der Waals surface area (Å²) >= 11 is 0. The molecule has 1 saturated carbocycles. The predicted octanol–water partition coefficient (Wildman–Crippen LogP) is 2.63. The van der Waals surface area contributed by atoms with Crippen LogP contribution in [-0.4, -0.2) is 59.3 Å². The highest BCUT2D eigenvalue weighted by Crippen LogP contribution is 2.26. The van der Waals surface area contributed by atoms with Crippen molar-refractivity contribution in [1.82, 2.24) is 25.7 Å². The Morgan fingerprint density at radius 3 is 2.68 bits per heavy atom. The summed E-state index contributed by atoms with van der Waals surface area (Å²) in [4.78, 5) is 11.7. The third kappa shape index (κ3) is 5.91. The van der Waals surface area contributed by atoms with Gasteiger partial charge in [0.2, 0.25) is 5.89 Å². The second kappa shape index (κ2) is 10.8. The summed E-state index contributed by atoms with van der Waals surface area (Å²) in [5.74, 6) is 1.90. The number of guanidine groups is 1. The van der Waals surface area contributed by atoms with Crippen LogP contribution in [0.3, 0.4) is 0 Å². The summed E-state index contributed by atoms with van der Waals surface area (Å²) in [6.45, 7) is 10.1. The molecule has 2 aliphatic rings. The molecule has 1 saturated heterocycles. The van der Waals surface area contributed by atoms with Crippen molar-refractivity contribution in [2.45, 2.75) is 84.0 Å². The molecular formula is C20H36N6O2. The molecule has 2 heterocycles. The number of hydrogen-bond donors (Lipinski definition) is 2. The topological polar surface area (TPSA) is 87.8 Å². The number of likely N-dealkylation sites (tertiary alicyclic amines) is 1. The summed E-state index contributed by atoms with van der Waals surface area (Å²) in [6, 6.07) is 1.29. The van der Waals surface area contributed by atoms with Gasteiger partial charge in [-0.05, 0) is 46.5 Å². The lowest BCUT2D eigenvalue weighted by molar-refractivity contribution is 0.0683. The smallest absolute Gasteiger partial charge is 0.248 e. The average molecular weight is 393 g/mol. The van der Waals surface area contributed by atoms with Crippen molar-refractivity contribution in [1.29, 1.82) is 0 Å². The molecule has 0 bridgehead atoms. The van der Waals surface area contributed by atoms with Crippen LogP contribution in [0.4, 0.5) is 0 Å². The van der Waals surface area contributed by atoms with Crippen molar-refractivity contribution >= 4 is 5.96 Å². The lowest BCUT2D eigenvalue weighted by Crippen LogP contribution is -2.50. The fourth-order valence-electron chi connectivity index (χ4n) is 4.16. The zero-order valence-corrected chi connectivity index (χ0v) is 17.6. The highest BCUT2D eigenvalue weighted by molar-refractivity contribution is 5.80. The van der Waals surface area contributed by atoms with Gasteiger partial charge in [-0.15, -0.1) is 0 Å². The molecular weight excluding hydrogens is 356 g/mol. The van der Waals surface area contributed by atoms with Crippen LogP contribution in [0.25, 0.3) is 0 Å². The maximum atomic E-state index is 5.50. The molecule has 0 spiro atoms. The van der Waals surface area contributed by atoms with Crippen molar-refractivity contribution in [2.75, 3.05) is 26.2 Å². The number of nitrogens with one attached hydrogen (secondary N) is 2. The minimum atomic E-state index is -0.164. The van der Waals surface area contributed by atoms with Crippen LogP contribution in [0, 0.1) is 0 Å². The molecule has 1 aromatic heterocycles. The second-order valence-electron chi connectivity index (χ2n) is 7.73. The molecule has 8 nitrogen and oxygen atoms in total. The Kier molecular flexibility index (Phi) is 8.09. The van der Waals surface area contributed by atoms with Crippen molar-refractivity contribution in [2.24, 2.45) is 4.99 Å². The van der Waals surface area contributed by atoms with Gasteiger partial charge in [0.15, 0.2) is 11.8 Å². The van der Waals surface area contributed by atoms with Crippen molar-refractivity contribution < 1.29 is 9.26 Å². The third-order valence-electron chi connectivity index (χ3n) is 5.69. The number of hydrogen-bond acceptors (Lipinski definition) is 6. The summed E-state index contributed by atoms with van der Waals surface area (Å²) in [7, 11) is 0. The SMILES string of the molecule is CCNC(=NCc1nc(C(C)OCC)no1)NC1CCN(C2CCCC2)CC1. The van der Waals surface area contributed by atoms with Gasteiger partial charge in [0, 0.05) is 38.3 Å². The first-order valence-electron chi connectivity index (χ1n) is 10.9. The van der Waals surface area contributed by atoms with Crippen LogP contribution >= 0.6 is 0 Å². The van der Waals surface area contributed by atoms with Crippen LogP contribution in [0.1, 0.15) is 77.1 Å². The van der Waals surface area contributed by atoms with E-state index in [4.69, 9.17) is 9.26 Å². The lowest BCUT2D eigenvalue weighted by atomic mass is 10.0. The zero-order chi connectivity index (χ0) is 19.8. The number of nitrogens with zero attached hydrogens (tertiary/aromatic N) is 4. The molecule has 158 valence electrons. The van der Waals surface area contributed by atoms with Gasteiger partial charge in [-0.3, -0.25) is 0 Å². The van der Waals surface area contributed by atoms with E-state index in [1.807, 2.05) is 13.8 Å². The van der Waals surface area contributed by atoms with Crippen LogP contribution in [-0.2, 0) is 11.3 Å². The van der Waals surface area contributed by atoms with E-state index in [1.54, 1.807) is 0 Å². The van der Waals surface area contributed by atoms with Gasteiger partial charge in [-0.1, -0.05) is 18.0 Å². The average Bonchev–Trinajstić information content (AvgIpc) is 3.39. The minimum absolute atomic E-state index is 0.164. The highest BCUT2D eigenvalue weighted by atomic mass is 16.5. The summed E-state index contributed by atoms with van der Waals surface area (Å²) in [5.41, 5.74) is 0. The Bertz CT molecular complexity index is 606. The normalized spacial score (nSPS) is 21.2.